The van der Waals surface area contributed by atoms with Crippen molar-refractivity contribution in [1.82, 2.24) is 4.72 Å². The summed E-state index contributed by atoms with van der Waals surface area (Å²) in [6, 6.07) is 3.82. The summed E-state index contributed by atoms with van der Waals surface area (Å²) in [4.78, 5) is -0.0168. The van der Waals surface area contributed by atoms with Crippen molar-refractivity contribution < 1.29 is 23.4 Å². The van der Waals surface area contributed by atoms with Gasteiger partial charge in [0.25, 0.3) is 0 Å². The molecule has 102 valence electrons. The molecular formula is C11H17NO5S. The summed E-state index contributed by atoms with van der Waals surface area (Å²) in [5, 5.41) is 17.8. The third kappa shape index (κ3) is 3.42. The number of ether oxygens (including phenoxy) is 1. The minimum absolute atomic E-state index is 0.0168. The molecule has 0 aliphatic rings. The molecule has 0 unspecified atom stereocenters. The minimum atomic E-state index is -3.84. The van der Waals surface area contributed by atoms with E-state index >= 15 is 0 Å². The van der Waals surface area contributed by atoms with Crippen molar-refractivity contribution in [3.05, 3.63) is 23.8 Å². The van der Waals surface area contributed by atoms with E-state index in [2.05, 4.69) is 4.72 Å². The van der Waals surface area contributed by atoms with Crippen molar-refractivity contribution in [3.63, 3.8) is 0 Å². The van der Waals surface area contributed by atoms with E-state index in [1.165, 1.54) is 13.2 Å². The van der Waals surface area contributed by atoms with Crippen LogP contribution in [-0.4, -0.2) is 45.0 Å². The molecule has 1 aromatic rings. The van der Waals surface area contributed by atoms with E-state index in [0.717, 1.165) is 5.56 Å². The van der Waals surface area contributed by atoms with Crippen molar-refractivity contribution in [2.45, 2.75) is 17.9 Å². The number of nitrogens with one attached hydrogen (secondary N) is 1. The molecule has 7 heteroatoms. The molecule has 0 aromatic heterocycles. The van der Waals surface area contributed by atoms with Gasteiger partial charge in [-0.15, -0.1) is 0 Å². The topological polar surface area (TPSA) is 95.9 Å². The van der Waals surface area contributed by atoms with Crippen LogP contribution < -0.4 is 9.46 Å². The fourth-order valence-corrected chi connectivity index (χ4v) is 2.88. The number of aliphatic hydroxyl groups excluding tert-OH is 2. The van der Waals surface area contributed by atoms with Crippen molar-refractivity contribution in [2.24, 2.45) is 0 Å². The highest BCUT2D eigenvalue weighted by atomic mass is 32.2. The maximum atomic E-state index is 12.1. The van der Waals surface area contributed by atoms with E-state index in [1.54, 1.807) is 19.1 Å². The molecule has 6 nitrogen and oxygen atoms in total. The minimum Gasteiger partial charge on any atom is -0.495 e. The second-order valence-corrected chi connectivity index (χ2v) is 5.52. The summed E-state index contributed by atoms with van der Waals surface area (Å²) in [6.07, 6.45) is 0. The van der Waals surface area contributed by atoms with Crippen LogP contribution in [0.3, 0.4) is 0 Å². The molecule has 0 fully saturated rings. The zero-order chi connectivity index (χ0) is 13.8. The summed E-state index contributed by atoms with van der Waals surface area (Å²) in [7, 11) is -2.47. The Balaban J connectivity index is 3.15. The molecule has 0 radical (unpaired) electrons. The monoisotopic (exact) mass is 275 g/mol. The number of rotatable bonds is 6. The Bertz CT molecular complexity index is 496. The van der Waals surface area contributed by atoms with E-state index in [4.69, 9.17) is 14.9 Å². The van der Waals surface area contributed by atoms with Crippen molar-refractivity contribution in [1.29, 1.82) is 0 Å². The Labute approximate surface area is 106 Å². The van der Waals surface area contributed by atoms with Crippen LogP contribution in [0.1, 0.15) is 5.56 Å². The largest absolute Gasteiger partial charge is 0.495 e. The molecule has 0 bridgehead atoms. The molecule has 0 amide bonds. The molecule has 0 saturated carbocycles. The summed E-state index contributed by atoms with van der Waals surface area (Å²) in [5.41, 5.74) is 0.765. The Morgan fingerprint density at radius 3 is 2.44 bits per heavy atom. The highest BCUT2D eigenvalue weighted by Gasteiger charge is 2.23. The lowest BCUT2D eigenvalue weighted by Crippen LogP contribution is -2.40. The van der Waals surface area contributed by atoms with E-state index < -0.39 is 29.3 Å². The molecule has 0 atom stereocenters. The summed E-state index contributed by atoms with van der Waals surface area (Å²) in [5.74, 6) is 0.211. The van der Waals surface area contributed by atoms with Crippen LogP contribution in [0, 0.1) is 6.92 Å². The molecule has 0 heterocycles. The number of sulfonamides is 1. The van der Waals surface area contributed by atoms with Crippen LogP contribution in [0.5, 0.6) is 5.75 Å². The third-order valence-electron chi connectivity index (χ3n) is 2.37. The number of hydrogen-bond donors (Lipinski definition) is 3. The first-order valence-electron chi connectivity index (χ1n) is 5.33. The fraction of sp³-hybridized carbons (Fsp3) is 0.455. The van der Waals surface area contributed by atoms with Gasteiger partial charge in [0.2, 0.25) is 10.0 Å². The van der Waals surface area contributed by atoms with Crippen LogP contribution in [0.4, 0.5) is 0 Å². The maximum Gasteiger partial charge on any atom is 0.244 e. The predicted molar refractivity (Wildman–Crippen MR) is 66.0 cm³/mol. The van der Waals surface area contributed by atoms with Gasteiger partial charge in [-0.2, -0.15) is 0 Å². The number of benzene rings is 1. The predicted octanol–water partition coefficient (Wildman–Crippen LogP) is -0.365. The molecule has 18 heavy (non-hydrogen) atoms. The molecule has 1 rings (SSSR count). The van der Waals surface area contributed by atoms with E-state index in [0.29, 0.717) is 0 Å². The second-order valence-electron chi connectivity index (χ2n) is 3.84. The summed E-state index contributed by atoms with van der Waals surface area (Å²) < 4.78 is 31.4. The second kappa shape index (κ2) is 6.14. The average molecular weight is 275 g/mol. The van der Waals surface area contributed by atoms with Gasteiger partial charge in [0.15, 0.2) is 0 Å². The molecule has 1 aromatic carbocycles. The molecule has 0 aliphatic carbocycles. The van der Waals surface area contributed by atoms with Gasteiger partial charge in [-0.3, -0.25) is 0 Å². The Kier molecular flexibility index (Phi) is 5.09. The molecule has 0 saturated heterocycles. The van der Waals surface area contributed by atoms with Gasteiger partial charge in [0.1, 0.15) is 10.6 Å². The number of methoxy groups -OCH3 is 1. The van der Waals surface area contributed by atoms with Gasteiger partial charge < -0.3 is 14.9 Å². The normalized spacial score (nSPS) is 11.8. The smallest absolute Gasteiger partial charge is 0.244 e. The first-order chi connectivity index (χ1) is 8.44. The first-order valence-corrected chi connectivity index (χ1v) is 6.81. The van der Waals surface area contributed by atoms with Crippen LogP contribution in [0.2, 0.25) is 0 Å². The standard InChI is InChI=1S/C11H17NO5S/c1-8-3-4-10(17-2)11(5-8)18(15,16)12-9(6-13)7-14/h3-5,9,12-14H,6-7H2,1-2H3. The van der Waals surface area contributed by atoms with Gasteiger partial charge >= 0.3 is 0 Å². The van der Waals surface area contributed by atoms with Gasteiger partial charge in [0.05, 0.1) is 26.4 Å². The Hall–Kier alpha value is -1.15. The first kappa shape index (κ1) is 14.9. The molecule has 3 N–H and O–H groups in total. The number of hydrogen-bond acceptors (Lipinski definition) is 5. The van der Waals surface area contributed by atoms with Crippen LogP contribution in [-0.2, 0) is 10.0 Å². The summed E-state index contributed by atoms with van der Waals surface area (Å²) in [6.45, 7) is 0.793. The fourth-order valence-electron chi connectivity index (χ4n) is 1.41. The quantitative estimate of drug-likeness (QED) is 0.658. The van der Waals surface area contributed by atoms with Gasteiger partial charge in [-0.25, -0.2) is 13.1 Å². The number of aliphatic hydroxyl groups is 2. The van der Waals surface area contributed by atoms with Crippen LogP contribution in [0.25, 0.3) is 0 Å². The maximum absolute atomic E-state index is 12.1. The Morgan fingerprint density at radius 1 is 1.33 bits per heavy atom. The van der Waals surface area contributed by atoms with Gasteiger partial charge in [-0.05, 0) is 24.6 Å². The molecule has 0 aliphatic heterocycles. The number of aryl methyl sites for hydroxylation is 1. The van der Waals surface area contributed by atoms with Crippen molar-refractivity contribution in [3.8, 4) is 5.75 Å². The third-order valence-corrected chi connectivity index (χ3v) is 3.91. The Morgan fingerprint density at radius 2 is 1.94 bits per heavy atom. The van der Waals surface area contributed by atoms with E-state index in [9.17, 15) is 8.42 Å². The zero-order valence-corrected chi connectivity index (χ0v) is 11.1. The van der Waals surface area contributed by atoms with Crippen LogP contribution >= 0.6 is 0 Å². The van der Waals surface area contributed by atoms with Crippen LogP contribution in [0.15, 0.2) is 23.1 Å². The lowest BCUT2D eigenvalue weighted by Gasteiger charge is -2.16. The average Bonchev–Trinajstić information content (AvgIpc) is 2.36. The molecular weight excluding hydrogens is 258 g/mol. The van der Waals surface area contributed by atoms with Gasteiger partial charge in [-0.1, -0.05) is 6.07 Å². The molecule has 0 spiro atoms. The SMILES string of the molecule is COc1ccc(C)cc1S(=O)(=O)NC(CO)CO. The van der Waals surface area contributed by atoms with Crippen molar-refractivity contribution in [2.75, 3.05) is 20.3 Å². The van der Waals surface area contributed by atoms with Crippen molar-refractivity contribution >= 4 is 10.0 Å². The lowest BCUT2D eigenvalue weighted by atomic mass is 10.2. The van der Waals surface area contributed by atoms with Gasteiger partial charge in [0, 0.05) is 0 Å². The highest BCUT2D eigenvalue weighted by Crippen LogP contribution is 2.24. The highest BCUT2D eigenvalue weighted by molar-refractivity contribution is 7.89. The lowest BCUT2D eigenvalue weighted by molar-refractivity contribution is 0.185. The van der Waals surface area contributed by atoms with E-state index in [-0.39, 0.29) is 10.6 Å². The zero-order valence-electron chi connectivity index (χ0n) is 10.3. The summed E-state index contributed by atoms with van der Waals surface area (Å²) >= 11 is 0. The van der Waals surface area contributed by atoms with E-state index in [1.807, 2.05) is 0 Å².